The Kier molecular flexibility index (Phi) is 3.42. The van der Waals surface area contributed by atoms with E-state index in [0.717, 1.165) is 16.9 Å². The summed E-state index contributed by atoms with van der Waals surface area (Å²) in [7, 11) is 1.82. The van der Waals surface area contributed by atoms with Crippen LogP contribution in [0.15, 0.2) is 22.8 Å². The van der Waals surface area contributed by atoms with E-state index < -0.39 is 0 Å². The Balaban J connectivity index is 2.11. The van der Waals surface area contributed by atoms with Gasteiger partial charge in [0.25, 0.3) is 0 Å². The molecule has 2 aromatic rings. The van der Waals surface area contributed by atoms with Crippen molar-refractivity contribution in [2.24, 2.45) is 7.05 Å². The molecule has 0 unspecified atom stereocenters. The van der Waals surface area contributed by atoms with Gasteiger partial charge in [-0.05, 0) is 40.5 Å². The van der Waals surface area contributed by atoms with E-state index in [1.807, 2.05) is 20.2 Å². The molecule has 0 aliphatic rings. The fourth-order valence-corrected chi connectivity index (χ4v) is 1.84. The predicted octanol–water partition coefficient (Wildman–Crippen LogP) is 2.64. The number of hydrogen-bond donors (Lipinski definition) is 1. The van der Waals surface area contributed by atoms with Crippen LogP contribution in [0.1, 0.15) is 11.3 Å². The summed E-state index contributed by atoms with van der Waals surface area (Å²) in [6.45, 7) is 2.42. The topological polar surface area (TPSA) is 42.7 Å². The Bertz CT molecular complexity index is 538. The van der Waals surface area contributed by atoms with E-state index in [9.17, 15) is 4.39 Å². The van der Waals surface area contributed by atoms with Gasteiger partial charge in [0, 0.05) is 18.9 Å². The largest absolute Gasteiger partial charge is 0.379 e. The summed E-state index contributed by atoms with van der Waals surface area (Å²) in [6.07, 6.45) is 1.83. The average molecular weight is 299 g/mol. The van der Waals surface area contributed by atoms with Gasteiger partial charge in [-0.2, -0.15) is 0 Å². The minimum absolute atomic E-state index is 0.257. The third-order valence-electron chi connectivity index (χ3n) is 2.38. The SMILES string of the molecule is Cc1cc(F)c(Br)cc1NCc1cn(C)nn1. The molecular weight excluding hydrogens is 287 g/mol. The summed E-state index contributed by atoms with van der Waals surface area (Å²) in [5.41, 5.74) is 2.57. The second-order valence-electron chi connectivity index (χ2n) is 3.82. The van der Waals surface area contributed by atoms with Crippen LogP contribution in [0, 0.1) is 12.7 Å². The van der Waals surface area contributed by atoms with Crippen molar-refractivity contribution in [1.82, 2.24) is 15.0 Å². The molecular formula is C11H12BrFN4. The van der Waals surface area contributed by atoms with E-state index in [1.165, 1.54) is 6.07 Å². The fourth-order valence-electron chi connectivity index (χ4n) is 1.50. The monoisotopic (exact) mass is 298 g/mol. The van der Waals surface area contributed by atoms with Crippen molar-refractivity contribution in [3.63, 3.8) is 0 Å². The lowest BCUT2D eigenvalue weighted by atomic mass is 10.2. The zero-order valence-electron chi connectivity index (χ0n) is 9.54. The van der Waals surface area contributed by atoms with Gasteiger partial charge in [0.15, 0.2) is 0 Å². The van der Waals surface area contributed by atoms with E-state index >= 15 is 0 Å². The minimum atomic E-state index is -0.257. The molecule has 0 bridgehead atoms. The van der Waals surface area contributed by atoms with Crippen LogP contribution in [-0.2, 0) is 13.6 Å². The quantitative estimate of drug-likeness (QED) is 0.947. The minimum Gasteiger partial charge on any atom is -0.379 e. The number of nitrogens with one attached hydrogen (secondary N) is 1. The van der Waals surface area contributed by atoms with Crippen LogP contribution in [0.25, 0.3) is 0 Å². The number of nitrogens with zero attached hydrogens (tertiary/aromatic N) is 3. The molecule has 0 aliphatic heterocycles. The molecule has 0 radical (unpaired) electrons. The molecule has 2 rings (SSSR count). The summed E-state index contributed by atoms with van der Waals surface area (Å²) in [6, 6.07) is 3.21. The molecule has 0 amide bonds. The third-order valence-corrected chi connectivity index (χ3v) is 2.99. The van der Waals surface area contributed by atoms with Crippen molar-refractivity contribution >= 4 is 21.6 Å². The van der Waals surface area contributed by atoms with E-state index in [1.54, 1.807) is 10.7 Å². The smallest absolute Gasteiger partial charge is 0.137 e. The predicted molar refractivity (Wildman–Crippen MR) is 67.2 cm³/mol. The molecule has 0 atom stereocenters. The molecule has 1 N–H and O–H groups in total. The summed E-state index contributed by atoms with van der Waals surface area (Å²) >= 11 is 3.16. The fraction of sp³-hybridized carbons (Fsp3) is 0.273. The van der Waals surface area contributed by atoms with Crippen LogP contribution >= 0.6 is 15.9 Å². The first-order chi connectivity index (χ1) is 8.06. The highest BCUT2D eigenvalue weighted by Crippen LogP contribution is 2.24. The van der Waals surface area contributed by atoms with Gasteiger partial charge < -0.3 is 5.32 Å². The second kappa shape index (κ2) is 4.83. The highest BCUT2D eigenvalue weighted by Gasteiger charge is 2.05. The number of aryl methyl sites for hydroxylation is 2. The van der Waals surface area contributed by atoms with Crippen molar-refractivity contribution in [2.75, 3.05) is 5.32 Å². The molecule has 4 nitrogen and oxygen atoms in total. The highest BCUT2D eigenvalue weighted by atomic mass is 79.9. The summed E-state index contributed by atoms with van der Waals surface area (Å²) in [5, 5.41) is 11.0. The number of aromatic nitrogens is 3. The third kappa shape index (κ3) is 2.82. The van der Waals surface area contributed by atoms with Gasteiger partial charge in [0.05, 0.1) is 11.0 Å². The molecule has 0 saturated carbocycles. The van der Waals surface area contributed by atoms with Crippen molar-refractivity contribution in [2.45, 2.75) is 13.5 Å². The lowest BCUT2D eigenvalue weighted by Gasteiger charge is -2.09. The molecule has 1 heterocycles. The van der Waals surface area contributed by atoms with Gasteiger partial charge in [-0.15, -0.1) is 5.10 Å². The van der Waals surface area contributed by atoms with Crippen molar-refractivity contribution in [1.29, 1.82) is 0 Å². The first-order valence-corrected chi connectivity index (χ1v) is 5.90. The second-order valence-corrected chi connectivity index (χ2v) is 4.67. The number of halogens is 2. The zero-order valence-corrected chi connectivity index (χ0v) is 11.1. The number of hydrogen-bond acceptors (Lipinski definition) is 3. The molecule has 1 aromatic heterocycles. The Hall–Kier alpha value is -1.43. The van der Waals surface area contributed by atoms with Gasteiger partial charge >= 0.3 is 0 Å². The average Bonchev–Trinajstić information content (AvgIpc) is 2.68. The van der Waals surface area contributed by atoms with Crippen LogP contribution < -0.4 is 5.32 Å². The molecule has 6 heteroatoms. The standard InChI is InChI=1S/C11H12BrFN4/c1-7-3-10(13)9(12)4-11(7)14-5-8-6-17(2)16-15-8/h3-4,6,14H,5H2,1-2H3. The van der Waals surface area contributed by atoms with E-state index in [0.29, 0.717) is 11.0 Å². The lowest BCUT2D eigenvalue weighted by Crippen LogP contribution is -2.02. The first kappa shape index (κ1) is 12.0. The molecule has 0 fully saturated rings. The maximum absolute atomic E-state index is 13.2. The maximum Gasteiger partial charge on any atom is 0.137 e. The Morgan fingerprint density at radius 3 is 2.88 bits per heavy atom. The first-order valence-electron chi connectivity index (χ1n) is 5.11. The van der Waals surface area contributed by atoms with Crippen LogP contribution in [0.3, 0.4) is 0 Å². The summed E-state index contributed by atoms with van der Waals surface area (Å²) < 4.78 is 15.3. The van der Waals surface area contributed by atoms with Crippen molar-refractivity contribution in [3.05, 3.63) is 39.9 Å². The lowest BCUT2D eigenvalue weighted by molar-refractivity contribution is 0.620. The highest BCUT2D eigenvalue weighted by molar-refractivity contribution is 9.10. The Labute approximate surface area is 107 Å². The van der Waals surface area contributed by atoms with Crippen molar-refractivity contribution in [3.8, 4) is 0 Å². The Morgan fingerprint density at radius 1 is 1.47 bits per heavy atom. The van der Waals surface area contributed by atoms with Crippen LogP contribution in [0.5, 0.6) is 0 Å². The molecule has 0 saturated heterocycles. The Morgan fingerprint density at radius 2 is 2.24 bits per heavy atom. The summed E-state index contributed by atoms with van der Waals surface area (Å²) in [5.74, 6) is -0.257. The normalized spacial score (nSPS) is 10.6. The van der Waals surface area contributed by atoms with Gasteiger partial charge in [-0.25, -0.2) is 4.39 Å². The zero-order chi connectivity index (χ0) is 12.4. The van der Waals surface area contributed by atoms with Crippen molar-refractivity contribution < 1.29 is 4.39 Å². The van der Waals surface area contributed by atoms with E-state index in [-0.39, 0.29) is 5.82 Å². The molecule has 0 spiro atoms. The number of rotatable bonds is 3. The number of benzene rings is 1. The van der Waals surface area contributed by atoms with Gasteiger partial charge in [0.2, 0.25) is 0 Å². The summed E-state index contributed by atoms with van der Waals surface area (Å²) in [4.78, 5) is 0. The van der Waals surface area contributed by atoms with Crippen LogP contribution in [0.4, 0.5) is 10.1 Å². The van der Waals surface area contributed by atoms with E-state index in [2.05, 4.69) is 31.6 Å². The molecule has 17 heavy (non-hydrogen) atoms. The molecule has 0 aliphatic carbocycles. The van der Waals surface area contributed by atoms with Crippen LogP contribution in [-0.4, -0.2) is 15.0 Å². The number of anilines is 1. The van der Waals surface area contributed by atoms with Crippen LogP contribution in [0.2, 0.25) is 0 Å². The van der Waals surface area contributed by atoms with Gasteiger partial charge in [0.1, 0.15) is 11.5 Å². The maximum atomic E-state index is 13.2. The molecule has 90 valence electrons. The van der Waals surface area contributed by atoms with Gasteiger partial charge in [-0.1, -0.05) is 5.21 Å². The molecule has 1 aromatic carbocycles. The van der Waals surface area contributed by atoms with E-state index in [4.69, 9.17) is 0 Å². The van der Waals surface area contributed by atoms with Gasteiger partial charge in [-0.3, -0.25) is 4.68 Å².